The van der Waals surface area contributed by atoms with Crippen LogP contribution >= 0.6 is 0 Å². The largest absolute Gasteiger partial charge is 0.372 e. The molecule has 0 unspecified atom stereocenters. The molecule has 0 aliphatic rings. The number of rotatable bonds is 4. The average Bonchev–Trinajstić information content (AvgIpc) is 2.32. The van der Waals surface area contributed by atoms with Crippen LogP contribution < -0.4 is 10.5 Å². The molecule has 0 aliphatic carbocycles. The lowest BCUT2D eigenvalue weighted by atomic mass is 10.3. The van der Waals surface area contributed by atoms with Gasteiger partial charge in [-0.15, -0.1) is 0 Å². The van der Waals surface area contributed by atoms with Gasteiger partial charge in [-0.05, 0) is 20.2 Å². The number of hydrogen-bond donors (Lipinski definition) is 0. The van der Waals surface area contributed by atoms with Gasteiger partial charge in [-0.1, -0.05) is 13.8 Å². The van der Waals surface area contributed by atoms with E-state index >= 15 is 0 Å². The smallest absolute Gasteiger partial charge is 0.250 e. The number of anilines is 1. The molecule has 17 heavy (non-hydrogen) atoms. The molecular weight excluding hydrogens is 214 g/mol. The molecule has 0 amide bonds. The molecule has 4 nitrogen and oxygen atoms in total. The summed E-state index contributed by atoms with van der Waals surface area (Å²) in [6.07, 6.45) is 1.86. The molecule has 4 heteroatoms. The van der Waals surface area contributed by atoms with Crippen LogP contribution in [0.2, 0.25) is 0 Å². The summed E-state index contributed by atoms with van der Waals surface area (Å²) in [5, 5.41) is 0. The molecule has 0 spiro atoms. The third kappa shape index (κ3) is 5.54. The van der Waals surface area contributed by atoms with Crippen molar-refractivity contribution in [1.29, 1.82) is 0 Å². The SMILES string of the molecule is CC.CN(C)CCN(C)c1ccc(=O)n(C)c1. The highest BCUT2D eigenvalue weighted by Gasteiger charge is 2.02. The molecule has 0 radical (unpaired) electrons. The first-order valence-corrected chi connectivity index (χ1v) is 6.03. The van der Waals surface area contributed by atoms with Crippen LogP contribution in [0.25, 0.3) is 0 Å². The molecule has 1 aromatic rings. The highest BCUT2D eigenvalue weighted by atomic mass is 16.1. The van der Waals surface area contributed by atoms with E-state index < -0.39 is 0 Å². The fourth-order valence-corrected chi connectivity index (χ4v) is 1.28. The van der Waals surface area contributed by atoms with Gasteiger partial charge < -0.3 is 14.4 Å². The fraction of sp³-hybridized carbons (Fsp3) is 0.615. The number of likely N-dealkylation sites (N-methyl/N-ethyl adjacent to an activating group) is 2. The lowest BCUT2D eigenvalue weighted by Gasteiger charge is -2.21. The summed E-state index contributed by atoms with van der Waals surface area (Å²) >= 11 is 0. The maximum Gasteiger partial charge on any atom is 0.250 e. The van der Waals surface area contributed by atoms with E-state index in [4.69, 9.17) is 0 Å². The Balaban J connectivity index is 0.00000121. The van der Waals surface area contributed by atoms with Crippen molar-refractivity contribution in [1.82, 2.24) is 9.47 Å². The highest BCUT2D eigenvalue weighted by molar-refractivity contribution is 5.42. The van der Waals surface area contributed by atoms with Crippen LogP contribution in [0.3, 0.4) is 0 Å². The number of aryl methyl sites for hydroxylation is 1. The van der Waals surface area contributed by atoms with Crippen LogP contribution in [0.15, 0.2) is 23.1 Å². The van der Waals surface area contributed by atoms with Gasteiger partial charge >= 0.3 is 0 Å². The Morgan fingerprint density at radius 3 is 2.18 bits per heavy atom. The van der Waals surface area contributed by atoms with E-state index in [-0.39, 0.29) is 5.56 Å². The first-order chi connectivity index (χ1) is 8.00. The fourth-order valence-electron chi connectivity index (χ4n) is 1.28. The molecule has 0 fully saturated rings. The quantitative estimate of drug-likeness (QED) is 0.795. The summed E-state index contributed by atoms with van der Waals surface area (Å²) in [5.74, 6) is 0. The van der Waals surface area contributed by atoms with Gasteiger partial charge in [-0.25, -0.2) is 0 Å². The minimum atomic E-state index is 0.0276. The van der Waals surface area contributed by atoms with Crippen molar-refractivity contribution in [2.75, 3.05) is 39.1 Å². The van der Waals surface area contributed by atoms with E-state index in [0.29, 0.717) is 0 Å². The number of pyridine rings is 1. The predicted molar refractivity (Wildman–Crippen MR) is 74.9 cm³/mol. The summed E-state index contributed by atoms with van der Waals surface area (Å²) in [5.41, 5.74) is 1.10. The van der Waals surface area contributed by atoms with E-state index in [0.717, 1.165) is 18.8 Å². The van der Waals surface area contributed by atoms with Crippen LogP contribution in [-0.4, -0.2) is 43.7 Å². The molecule has 0 atom stereocenters. The Hall–Kier alpha value is -1.29. The minimum absolute atomic E-state index is 0.0276. The standard InChI is InChI=1S/C11H19N3O.C2H6/c1-12(2)7-8-13(3)10-5-6-11(15)14(4)9-10;1-2/h5-6,9H,7-8H2,1-4H3;1-2H3. The summed E-state index contributed by atoms with van der Waals surface area (Å²) in [6.45, 7) is 5.95. The second-order valence-electron chi connectivity index (χ2n) is 4.06. The van der Waals surface area contributed by atoms with Gasteiger partial charge in [0.05, 0.1) is 5.69 Å². The number of nitrogens with zero attached hydrogens (tertiary/aromatic N) is 3. The average molecular weight is 239 g/mol. The molecular formula is C13H25N3O. The zero-order valence-corrected chi connectivity index (χ0v) is 11.9. The number of hydrogen-bond acceptors (Lipinski definition) is 3. The Morgan fingerprint density at radius 1 is 1.12 bits per heavy atom. The van der Waals surface area contributed by atoms with E-state index in [9.17, 15) is 4.79 Å². The van der Waals surface area contributed by atoms with Gasteiger partial charge in [0.1, 0.15) is 0 Å². The normalized spacial score (nSPS) is 9.82. The van der Waals surface area contributed by atoms with Gasteiger partial charge in [0.25, 0.3) is 0 Å². The first kappa shape index (κ1) is 15.7. The minimum Gasteiger partial charge on any atom is -0.372 e. The first-order valence-electron chi connectivity index (χ1n) is 6.03. The van der Waals surface area contributed by atoms with Gasteiger partial charge in [0.15, 0.2) is 0 Å². The van der Waals surface area contributed by atoms with Crippen molar-refractivity contribution in [3.63, 3.8) is 0 Å². The Morgan fingerprint density at radius 2 is 1.71 bits per heavy atom. The summed E-state index contributed by atoms with van der Waals surface area (Å²) in [4.78, 5) is 15.5. The van der Waals surface area contributed by atoms with Gasteiger partial charge in [-0.2, -0.15) is 0 Å². The van der Waals surface area contributed by atoms with E-state index in [1.807, 2.05) is 33.2 Å². The lowest BCUT2D eigenvalue weighted by molar-refractivity contribution is 0.416. The van der Waals surface area contributed by atoms with E-state index in [1.54, 1.807) is 17.7 Å². The van der Waals surface area contributed by atoms with Crippen molar-refractivity contribution in [3.8, 4) is 0 Å². The second kappa shape index (κ2) is 7.90. The topological polar surface area (TPSA) is 28.5 Å². The second-order valence-corrected chi connectivity index (χ2v) is 4.06. The molecule has 98 valence electrons. The van der Waals surface area contributed by atoms with Crippen LogP contribution in [0, 0.1) is 0 Å². The molecule has 1 heterocycles. The van der Waals surface area contributed by atoms with Gasteiger partial charge in [0.2, 0.25) is 5.56 Å². The van der Waals surface area contributed by atoms with E-state index in [2.05, 4.69) is 23.9 Å². The van der Waals surface area contributed by atoms with Crippen molar-refractivity contribution in [2.24, 2.45) is 7.05 Å². The Labute approximate surface area is 104 Å². The number of aromatic nitrogens is 1. The van der Waals surface area contributed by atoms with Crippen LogP contribution in [0.4, 0.5) is 5.69 Å². The van der Waals surface area contributed by atoms with Crippen molar-refractivity contribution < 1.29 is 0 Å². The van der Waals surface area contributed by atoms with Gasteiger partial charge in [0, 0.05) is 39.4 Å². The molecule has 0 aliphatic heterocycles. The third-order valence-electron chi connectivity index (χ3n) is 2.39. The zero-order chi connectivity index (χ0) is 13.4. The van der Waals surface area contributed by atoms with Crippen LogP contribution in [0.5, 0.6) is 0 Å². The monoisotopic (exact) mass is 239 g/mol. The Bertz CT molecular complexity index is 371. The molecule has 0 N–H and O–H groups in total. The van der Waals surface area contributed by atoms with Gasteiger partial charge in [-0.3, -0.25) is 4.79 Å². The van der Waals surface area contributed by atoms with E-state index in [1.165, 1.54) is 0 Å². The van der Waals surface area contributed by atoms with Crippen molar-refractivity contribution in [3.05, 3.63) is 28.7 Å². The summed E-state index contributed by atoms with van der Waals surface area (Å²) < 4.78 is 1.60. The lowest BCUT2D eigenvalue weighted by Crippen LogP contribution is -2.29. The predicted octanol–water partition coefficient (Wildman–Crippen LogP) is 1.41. The maximum absolute atomic E-state index is 11.2. The molecule has 0 saturated heterocycles. The van der Waals surface area contributed by atoms with Crippen LogP contribution in [0.1, 0.15) is 13.8 Å². The van der Waals surface area contributed by atoms with Crippen LogP contribution in [-0.2, 0) is 7.05 Å². The molecule has 1 aromatic heterocycles. The summed E-state index contributed by atoms with van der Waals surface area (Å²) in [7, 11) is 7.90. The highest BCUT2D eigenvalue weighted by Crippen LogP contribution is 2.08. The van der Waals surface area contributed by atoms with Crippen molar-refractivity contribution >= 4 is 5.69 Å². The zero-order valence-electron chi connectivity index (χ0n) is 11.9. The molecule has 0 saturated carbocycles. The Kier molecular flexibility index (Phi) is 7.30. The molecule has 0 aromatic carbocycles. The summed E-state index contributed by atoms with van der Waals surface area (Å²) in [6, 6.07) is 3.46. The molecule has 0 bridgehead atoms. The maximum atomic E-state index is 11.2. The van der Waals surface area contributed by atoms with Crippen molar-refractivity contribution in [2.45, 2.75) is 13.8 Å². The molecule has 1 rings (SSSR count). The third-order valence-corrected chi connectivity index (χ3v) is 2.39.